The summed E-state index contributed by atoms with van der Waals surface area (Å²) >= 11 is 0. The Morgan fingerprint density at radius 1 is 1.39 bits per heavy atom. The molecular formula is C8H12O8S2. The molecule has 0 spiro atoms. The van der Waals surface area contributed by atoms with Crippen molar-refractivity contribution in [1.82, 2.24) is 0 Å². The monoisotopic (exact) mass is 300 g/mol. The highest BCUT2D eigenvalue weighted by molar-refractivity contribution is 7.88. The van der Waals surface area contributed by atoms with Crippen molar-refractivity contribution in [1.29, 1.82) is 0 Å². The van der Waals surface area contributed by atoms with Gasteiger partial charge < -0.3 is 5.11 Å². The molecule has 0 aliphatic rings. The third-order valence-corrected chi connectivity index (χ3v) is 2.14. The average molecular weight is 300 g/mol. The third-order valence-electron chi connectivity index (χ3n) is 1.03. The number of hydrogen-bond donors (Lipinski definition) is 2. The molecule has 104 valence electrons. The van der Waals surface area contributed by atoms with Gasteiger partial charge in [-0.1, -0.05) is 6.58 Å². The number of carbonyl (C=O) groups is 1. The van der Waals surface area contributed by atoms with Crippen LogP contribution in [0.1, 0.15) is 6.42 Å². The lowest BCUT2D eigenvalue weighted by molar-refractivity contribution is -0.132. The lowest BCUT2D eigenvalue weighted by Crippen LogP contribution is -2.12. The second-order valence-electron chi connectivity index (χ2n) is 2.81. The first-order valence-corrected chi connectivity index (χ1v) is 7.45. The minimum Gasteiger partial charge on any atom is -0.478 e. The molecule has 0 saturated heterocycles. The van der Waals surface area contributed by atoms with Crippen LogP contribution >= 0.6 is 0 Å². The van der Waals surface area contributed by atoms with Crippen LogP contribution in [-0.4, -0.2) is 44.7 Å². The Hall–Kier alpha value is -1.41. The fourth-order valence-corrected chi connectivity index (χ4v) is 1.53. The fraction of sp³-hybridized carbons (Fsp3) is 0.375. The molecular weight excluding hydrogens is 288 g/mol. The third kappa shape index (κ3) is 17.0. The second-order valence-corrected chi connectivity index (χ2v) is 5.85. The maximum atomic E-state index is 10.1. The van der Waals surface area contributed by atoms with Crippen molar-refractivity contribution >= 4 is 26.2 Å². The Bertz CT molecular complexity index is 502. The lowest BCUT2D eigenvalue weighted by atomic mass is 10.2. The lowest BCUT2D eigenvalue weighted by Gasteiger charge is -1.95. The van der Waals surface area contributed by atoms with Gasteiger partial charge in [0.15, 0.2) is 5.94 Å². The second kappa shape index (κ2) is 7.83. The molecule has 2 N–H and O–H groups in total. The van der Waals surface area contributed by atoms with Gasteiger partial charge in [0.2, 0.25) is 0 Å². The van der Waals surface area contributed by atoms with Gasteiger partial charge >= 0.3 is 5.97 Å². The predicted molar refractivity (Wildman–Crippen MR) is 62.6 cm³/mol. The Morgan fingerprint density at radius 2 is 1.83 bits per heavy atom. The zero-order chi connectivity index (χ0) is 15.0. The van der Waals surface area contributed by atoms with Gasteiger partial charge in [0.25, 0.3) is 20.2 Å². The fourth-order valence-electron chi connectivity index (χ4n) is 0.347. The van der Waals surface area contributed by atoms with E-state index in [1.807, 2.05) is 0 Å². The van der Waals surface area contributed by atoms with Crippen molar-refractivity contribution in [2.75, 3.05) is 12.2 Å². The van der Waals surface area contributed by atoms with Crippen molar-refractivity contribution in [2.45, 2.75) is 6.42 Å². The van der Waals surface area contributed by atoms with E-state index in [-0.39, 0.29) is 12.0 Å². The zero-order valence-corrected chi connectivity index (χ0v) is 11.0. The van der Waals surface area contributed by atoms with E-state index in [2.05, 4.69) is 16.7 Å². The van der Waals surface area contributed by atoms with E-state index >= 15 is 0 Å². The highest BCUT2D eigenvalue weighted by Gasteiger charge is 2.09. The molecule has 0 aliphatic carbocycles. The molecule has 0 unspecified atom stereocenters. The van der Waals surface area contributed by atoms with Crippen molar-refractivity contribution < 1.29 is 35.5 Å². The number of hydrogen-bond acceptors (Lipinski definition) is 6. The van der Waals surface area contributed by atoms with Crippen molar-refractivity contribution in [3.63, 3.8) is 0 Å². The molecule has 0 amide bonds. The molecule has 0 aromatic rings. The molecule has 0 aliphatic heterocycles. The zero-order valence-electron chi connectivity index (χ0n) is 9.36. The predicted octanol–water partition coefficient (Wildman–Crippen LogP) is -0.542. The molecule has 0 heterocycles. The van der Waals surface area contributed by atoms with Gasteiger partial charge in [0.1, 0.15) is 0 Å². The summed E-state index contributed by atoms with van der Waals surface area (Å²) in [4.78, 5) is 9.89. The number of terminal acetylenes is 1. The molecule has 0 aromatic heterocycles. The molecule has 0 radical (unpaired) electrons. The summed E-state index contributed by atoms with van der Waals surface area (Å²) in [6.45, 7) is 3.20. The van der Waals surface area contributed by atoms with Gasteiger partial charge in [-0.3, -0.25) is 8.74 Å². The van der Waals surface area contributed by atoms with Crippen LogP contribution in [-0.2, 0) is 29.2 Å². The first kappa shape index (κ1) is 18.9. The van der Waals surface area contributed by atoms with Gasteiger partial charge in [-0.2, -0.15) is 16.8 Å². The van der Waals surface area contributed by atoms with Gasteiger partial charge in [0, 0.05) is 12.0 Å². The Kier molecular flexibility index (Phi) is 8.24. The molecule has 0 atom stereocenters. The van der Waals surface area contributed by atoms with Crippen LogP contribution in [0.15, 0.2) is 12.2 Å². The van der Waals surface area contributed by atoms with Gasteiger partial charge in [-0.25, -0.2) is 4.79 Å². The molecule has 0 bridgehead atoms. The van der Waals surface area contributed by atoms with Crippen LogP contribution in [0.2, 0.25) is 0 Å². The molecule has 18 heavy (non-hydrogen) atoms. The highest BCUT2D eigenvalue weighted by Crippen LogP contribution is 1.93. The van der Waals surface area contributed by atoms with Crippen LogP contribution in [0, 0.1) is 12.3 Å². The molecule has 0 aromatic carbocycles. The van der Waals surface area contributed by atoms with E-state index in [1.165, 1.54) is 0 Å². The Balaban J connectivity index is 0. The summed E-state index contributed by atoms with van der Waals surface area (Å²) in [6.07, 6.45) is 5.59. The summed E-state index contributed by atoms with van der Waals surface area (Å²) in [7, 11) is -8.16. The smallest absolute Gasteiger partial charge is 0.331 e. The maximum Gasteiger partial charge on any atom is 0.331 e. The van der Waals surface area contributed by atoms with E-state index < -0.39 is 32.1 Å². The van der Waals surface area contributed by atoms with Crippen molar-refractivity contribution in [3.8, 4) is 12.3 Å². The van der Waals surface area contributed by atoms with E-state index in [4.69, 9.17) is 16.1 Å². The van der Waals surface area contributed by atoms with Crippen LogP contribution in [0.5, 0.6) is 0 Å². The summed E-state index contributed by atoms with van der Waals surface area (Å²) in [6, 6.07) is 0. The van der Waals surface area contributed by atoms with Crippen molar-refractivity contribution in [3.05, 3.63) is 12.2 Å². The number of carboxylic acids is 1. The van der Waals surface area contributed by atoms with E-state index in [0.29, 0.717) is 6.26 Å². The first-order chi connectivity index (χ1) is 7.89. The summed E-state index contributed by atoms with van der Waals surface area (Å²) in [5, 5.41) is 8.12. The quantitative estimate of drug-likeness (QED) is 0.299. The molecule has 0 saturated carbocycles. The number of carboxylic acid groups (broad SMARTS) is 1. The summed E-state index contributed by atoms with van der Waals surface area (Å²) in [5.74, 6) is -0.0869. The minimum atomic E-state index is -4.36. The summed E-state index contributed by atoms with van der Waals surface area (Å²) in [5.41, 5.74) is 0.0625. The number of rotatable bonds is 5. The topological polar surface area (TPSA) is 135 Å². The first-order valence-electron chi connectivity index (χ1n) is 4.03. The van der Waals surface area contributed by atoms with E-state index in [0.717, 1.165) is 0 Å². The van der Waals surface area contributed by atoms with Crippen LogP contribution in [0.25, 0.3) is 0 Å². The van der Waals surface area contributed by atoms with Gasteiger partial charge in [-0.05, 0) is 0 Å². The maximum absolute atomic E-state index is 10.1. The van der Waals surface area contributed by atoms with Gasteiger partial charge in [-0.15, -0.1) is 12.3 Å². The van der Waals surface area contributed by atoms with Crippen LogP contribution in [0.4, 0.5) is 0 Å². The molecule has 10 heteroatoms. The average Bonchev–Trinajstić information content (AvgIpc) is 2.14. The normalized spacial score (nSPS) is 10.7. The molecule has 0 rings (SSSR count). The standard InChI is InChI=1S/C6H6O2.C2H6O6S2/c1-3-4-5(2)6(7)8;1-9(3,4)8-2-10(5,6)7/h1H,2,4H2,(H,7,8);2H2,1H3,(H,5,6,7). The minimum absolute atomic E-state index is 0.0625. The SMILES string of the molecule is C#CCC(=C)C(=O)O.CS(=O)(=O)OCS(=O)(=O)O. The van der Waals surface area contributed by atoms with E-state index in [9.17, 15) is 21.6 Å². The largest absolute Gasteiger partial charge is 0.478 e. The molecule has 8 nitrogen and oxygen atoms in total. The highest BCUT2D eigenvalue weighted by atomic mass is 32.2. The van der Waals surface area contributed by atoms with Crippen LogP contribution < -0.4 is 0 Å². The number of aliphatic carboxylic acids is 1. The summed E-state index contributed by atoms with van der Waals surface area (Å²) < 4.78 is 51.5. The van der Waals surface area contributed by atoms with E-state index in [1.54, 1.807) is 0 Å². The molecule has 0 fully saturated rings. The van der Waals surface area contributed by atoms with Gasteiger partial charge in [0.05, 0.1) is 6.26 Å². The Labute approximate surface area is 105 Å². The van der Waals surface area contributed by atoms with Crippen molar-refractivity contribution in [2.24, 2.45) is 0 Å². The van der Waals surface area contributed by atoms with Crippen LogP contribution in [0.3, 0.4) is 0 Å². The Morgan fingerprint density at radius 3 is 1.94 bits per heavy atom.